The number of allylic oxidation sites excluding steroid dienone is 1. The van der Waals surface area contributed by atoms with Crippen LogP contribution in [0.15, 0.2) is 12.2 Å². The number of aliphatic hydroxyl groups is 1. The van der Waals surface area contributed by atoms with Crippen molar-refractivity contribution in [2.75, 3.05) is 0 Å². The van der Waals surface area contributed by atoms with Crippen LogP contribution in [0, 0.1) is 11.8 Å². The highest BCUT2D eigenvalue weighted by Gasteiger charge is 2.15. The second-order valence-electron chi connectivity index (χ2n) is 6.30. The lowest BCUT2D eigenvalue weighted by molar-refractivity contribution is 0.136. The van der Waals surface area contributed by atoms with Crippen LogP contribution in [0.5, 0.6) is 0 Å². The molecule has 19 heavy (non-hydrogen) atoms. The monoisotopic (exact) mass is 268 g/mol. The van der Waals surface area contributed by atoms with Gasteiger partial charge in [-0.05, 0) is 31.1 Å². The Morgan fingerprint density at radius 3 is 2.11 bits per heavy atom. The minimum Gasteiger partial charge on any atom is -0.389 e. The molecule has 0 aromatic heterocycles. The van der Waals surface area contributed by atoms with Gasteiger partial charge in [-0.3, -0.25) is 0 Å². The van der Waals surface area contributed by atoms with E-state index in [1.807, 2.05) is 6.08 Å². The first-order chi connectivity index (χ1) is 9.11. The van der Waals surface area contributed by atoms with Crippen LogP contribution in [0.3, 0.4) is 0 Å². The third-order valence-electron chi connectivity index (χ3n) is 3.78. The standard InChI is InChI=1S/C18H36O/c1-5-7-9-10-14-17(13-8-6-2)18(19)15-11-12-16(3)4/h11,15-19H,5-10,12-14H2,1-4H3. The van der Waals surface area contributed by atoms with E-state index in [-0.39, 0.29) is 6.10 Å². The van der Waals surface area contributed by atoms with E-state index in [1.54, 1.807) is 0 Å². The fraction of sp³-hybridized carbons (Fsp3) is 0.889. The molecule has 2 atom stereocenters. The molecular formula is C18H36O. The summed E-state index contributed by atoms with van der Waals surface area (Å²) in [5.41, 5.74) is 0. The average Bonchev–Trinajstić information content (AvgIpc) is 2.37. The van der Waals surface area contributed by atoms with Crippen molar-refractivity contribution in [2.45, 2.75) is 91.6 Å². The van der Waals surface area contributed by atoms with Crippen molar-refractivity contribution in [3.05, 3.63) is 12.2 Å². The lowest BCUT2D eigenvalue weighted by atomic mass is 9.89. The van der Waals surface area contributed by atoms with Gasteiger partial charge in [0.2, 0.25) is 0 Å². The Morgan fingerprint density at radius 2 is 1.53 bits per heavy atom. The summed E-state index contributed by atoms with van der Waals surface area (Å²) in [6.45, 7) is 8.92. The summed E-state index contributed by atoms with van der Waals surface area (Å²) in [6, 6.07) is 0. The zero-order chi connectivity index (χ0) is 14.5. The van der Waals surface area contributed by atoms with Crippen LogP contribution in [0.4, 0.5) is 0 Å². The first kappa shape index (κ1) is 18.7. The molecule has 0 saturated carbocycles. The van der Waals surface area contributed by atoms with Crippen LogP contribution in [-0.4, -0.2) is 11.2 Å². The van der Waals surface area contributed by atoms with E-state index in [1.165, 1.54) is 51.4 Å². The van der Waals surface area contributed by atoms with E-state index in [0.29, 0.717) is 11.8 Å². The van der Waals surface area contributed by atoms with Gasteiger partial charge in [-0.15, -0.1) is 0 Å². The van der Waals surface area contributed by atoms with Crippen molar-refractivity contribution in [1.82, 2.24) is 0 Å². The highest BCUT2D eigenvalue weighted by Crippen LogP contribution is 2.22. The highest BCUT2D eigenvalue weighted by atomic mass is 16.3. The minimum atomic E-state index is -0.230. The molecular weight excluding hydrogens is 232 g/mol. The molecule has 0 aliphatic heterocycles. The maximum atomic E-state index is 10.3. The van der Waals surface area contributed by atoms with Crippen LogP contribution < -0.4 is 0 Å². The third kappa shape index (κ3) is 11.2. The molecule has 0 fully saturated rings. The van der Waals surface area contributed by atoms with Crippen LogP contribution in [0.25, 0.3) is 0 Å². The molecule has 0 aromatic rings. The fourth-order valence-electron chi connectivity index (χ4n) is 2.43. The van der Waals surface area contributed by atoms with Crippen molar-refractivity contribution < 1.29 is 5.11 Å². The van der Waals surface area contributed by atoms with Crippen LogP contribution in [-0.2, 0) is 0 Å². The molecule has 1 N–H and O–H groups in total. The van der Waals surface area contributed by atoms with Gasteiger partial charge in [0, 0.05) is 0 Å². The van der Waals surface area contributed by atoms with E-state index >= 15 is 0 Å². The zero-order valence-electron chi connectivity index (χ0n) is 13.7. The normalized spacial score (nSPS) is 15.3. The smallest absolute Gasteiger partial charge is 0.0749 e. The van der Waals surface area contributed by atoms with Crippen LogP contribution >= 0.6 is 0 Å². The Kier molecular flexibility index (Phi) is 12.5. The SMILES string of the molecule is CCCCCCC(CCCC)C(O)C=CCC(C)C. The van der Waals surface area contributed by atoms with E-state index < -0.39 is 0 Å². The number of hydrogen-bond donors (Lipinski definition) is 1. The molecule has 0 aliphatic carbocycles. The fourth-order valence-corrected chi connectivity index (χ4v) is 2.43. The molecule has 0 amide bonds. The van der Waals surface area contributed by atoms with Crippen molar-refractivity contribution >= 4 is 0 Å². The predicted molar refractivity (Wildman–Crippen MR) is 86.4 cm³/mol. The summed E-state index contributed by atoms with van der Waals surface area (Å²) in [5.74, 6) is 1.15. The Hall–Kier alpha value is -0.300. The third-order valence-corrected chi connectivity index (χ3v) is 3.78. The minimum absolute atomic E-state index is 0.230. The van der Waals surface area contributed by atoms with E-state index in [9.17, 15) is 5.11 Å². The van der Waals surface area contributed by atoms with E-state index in [0.717, 1.165) is 6.42 Å². The molecule has 0 saturated heterocycles. The van der Waals surface area contributed by atoms with Crippen molar-refractivity contribution in [1.29, 1.82) is 0 Å². The van der Waals surface area contributed by atoms with E-state index in [2.05, 4.69) is 33.8 Å². The van der Waals surface area contributed by atoms with Gasteiger partial charge < -0.3 is 5.11 Å². The Balaban J connectivity index is 4.10. The molecule has 0 spiro atoms. The van der Waals surface area contributed by atoms with Crippen molar-refractivity contribution in [3.8, 4) is 0 Å². The highest BCUT2D eigenvalue weighted by molar-refractivity contribution is 4.92. The summed E-state index contributed by atoms with van der Waals surface area (Å²) in [6.07, 6.45) is 15.1. The van der Waals surface area contributed by atoms with Gasteiger partial charge in [-0.1, -0.05) is 78.4 Å². The Labute approximate surface area is 121 Å². The predicted octanol–water partition coefficient (Wildman–Crippen LogP) is 5.73. The van der Waals surface area contributed by atoms with Gasteiger partial charge in [-0.2, -0.15) is 0 Å². The van der Waals surface area contributed by atoms with Crippen molar-refractivity contribution in [3.63, 3.8) is 0 Å². The topological polar surface area (TPSA) is 20.2 Å². The largest absolute Gasteiger partial charge is 0.389 e. The molecule has 2 unspecified atom stereocenters. The molecule has 0 bridgehead atoms. The van der Waals surface area contributed by atoms with E-state index in [4.69, 9.17) is 0 Å². The second kappa shape index (κ2) is 12.7. The maximum absolute atomic E-state index is 10.3. The first-order valence-corrected chi connectivity index (χ1v) is 8.46. The summed E-state index contributed by atoms with van der Waals surface area (Å²) in [5, 5.41) is 10.3. The maximum Gasteiger partial charge on any atom is 0.0749 e. The summed E-state index contributed by atoms with van der Waals surface area (Å²) < 4.78 is 0. The second-order valence-corrected chi connectivity index (χ2v) is 6.30. The zero-order valence-corrected chi connectivity index (χ0v) is 13.7. The van der Waals surface area contributed by atoms with Gasteiger partial charge >= 0.3 is 0 Å². The molecule has 0 aliphatic rings. The lowest BCUT2D eigenvalue weighted by Crippen LogP contribution is -2.18. The molecule has 1 nitrogen and oxygen atoms in total. The molecule has 0 radical (unpaired) electrons. The lowest BCUT2D eigenvalue weighted by Gasteiger charge is -2.20. The molecule has 0 rings (SSSR count). The van der Waals surface area contributed by atoms with Crippen LogP contribution in [0.2, 0.25) is 0 Å². The molecule has 0 heterocycles. The van der Waals surface area contributed by atoms with Gasteiger partial charge in [0.25, 0.3) is 0 Å². The van der Waals surface area contributed by atoms with Gasteiger partial charge in [0.15, 0.2) is 0 Å². The van der Waals surface area contributed by atoms with Gasteiger partial charge in [-0.25, -0.2) is 0 Å². The Bertz CT molecular complexity index is 208. The molecule has 114 valence electrons. The number of hydrogen-bond acceptors (Lipinski definition) is 1. The summed E-state index contributed by atoms with van der Waals surface area (Å²) in [4.78, 5) is 0. The molecule has 0 aromatic carbocycles. The number of rotatable bonds is 12. The van der Waals surface area contributed by atoms with Crippen LogP contribution in [0.1, 0.15) is 85.5 Å². The Morgan fingerprint density at radius 1 is 0.895 bits per heavy atom. The van der Waals surface area contributed by atoms with Crippen molar-refractivity contribution in [2.24, 2.45) is 11.8 Å². The number of aliphatic hydroxyl groups excluding tert-OH is 1. The summed E-state index contributed by atoms with van der Waals surface area (Å²) in [7, 11) is 0. The first-order valence-electron chi connectivity index (χ1n) is 8.46. The quantitative estimate of drug-likeness (QED) is 0.354. The number of unbranched alkanes of at least 4 members (excludes halogenated alkanes) is 4. The van der Waals surface area contributed by atoms with Gasteiger partial charge in [0.1, 0.15) is 0 Å². The molecule has 1 heteroatoms. The van der Waals surface area contributed by atoms with Gasteiger partial charge in [0.05, 0.1) is 6.10 Å². The average molecular weight is 268 g/mol. The summed E-state index contributed by atoms with van der Waals surface area (Å²) >= 11 is 0.